The Balaban J connectivity index is 1.72. The van der Waals surface area contributed by atoms with Crippen molar-refractivity contribution in [3.05, 3.63) is 71.8 Å². The van der Waals surface area contributed by atoms with E-state index in [9.17, 15) is 24.0 Å². The predicted octanol–water partition coefficient (Wildman–Crippen LogP) is 3.23. The van der Waals surface area contributed by atoms with Gasteiger partial charge in [0.2, 0.25) is 23.6 Å². The van der Waals surface area contributed by atoms with Crippen molar-refractivity contribution in [2.24, 2.45) is 11.8 Å². The van der Waals surface area contributed by atoms with E-state index in [2.05, 4.69) is 21.9 Å². The number of nitrogens with zero attached hydrogens (tertiary/aromatic N) is 2. The summed E-state index contributed by atoms with van der Waals surface area (Å²) < 4.78 is 22.2. The Morgan fingerprint density at radius 3 is 2.00 bits per heavy atom. The number of epoxide rings is 1. The zero-order chi connectivity index (χ0) is 46.2. The zero-order valence-corrected chi connectivity index (χ0v) is 38.0. The van der Waals surface area contributed by atoms with Crippen molar-refractivity contribution in [1.82, 2.24) is 25.8 Å². The van der Waals surface area contributed by atoms with Crippen molar-refractivity contribution in [2.45, 2.75) is 116 Å². The molecule has 0 saturated carbocycles. The van der Waals surface area contributed by atoms with Gasteiger partial charge in [-0.05, 0) is 69.4 Å². The van der Waals surface area contributed by atoms with E-state index in [4.69, 9.17) is 25.4 Å². The number of rotatable bonds is 25. The third kappa shape index (κ3) is 16.2. The van der Waals surface area contributed by atoms with Gasteiger partial charge in [-0.3, -0.25) is 33.8 Å². The van der Waals surface area contributed by atoms with Crippen LogP contribution in [0.25, 0.3) is 0 Å². The van der Waals surface area contributed by atoms with E-state index in [1.807, 2.05) is 93.3 Å². The second-order valence-electron chi connectivity index (χ2n) is 17.9. The number of esters is 1. The average Bonchev–Trinajstić information content (AvgIpc) is 4.01. The first-order chi connectivity index (χ1) is 29.9. The highest BCUT2D eigenvalue weighted by molar-refractivity contribution is 5.99. The van der Waals surface area contributed by atoms with E-state index in [1.54, 1.807) is 6.92 Å². The van der Waals surface area contributed by atoms with E-state index in [-0.39, 0.29) is 56.6 Å². The number of hydrogen-bond acceptors (Lipinski definition) is 11. The summed E-state index contributed by atoms with van der Waals surface area (Å²) in [6, 6.07) is 14.1. The van der Waals surface area contributed by atoms with E-state index in [0.29, 0.717) is 39.1 Å². The summed E-state index contributed by atoms with van der Waals surface area (Å²) in [5.41, 5.74) is -0.851. The Morgan fingerprint density at radius 1 is 0.841 bits per heavy atom. The number of nitrogens with one attached hydrogen (secondary N) is 3. The van der Waals surface area contributed by atoms with Crippen molar-refractivity contribution >= 4 is 35.4 Å². The Kier molecular flexibility index (Phi) is 19.3. The van der Waals surface area contributed by atoms with E-state index >= 15 is 4.79 Å². The number of aryl methyl sites for hydroxylation is 1. The van der Waals surface area contributed by atoms with Crippen LogP contribution in [0.15, 0.2) is 60.7 Å². The fraction of sp³-hybridized carbons (Fsp3) is 0.583. The lowest BCUT2D eigenvalue weighted by atomic mass is 9.93. The lowest BCUT2D eigenvalue weighted by molar-refractivity contribution is -0.176. The molecule has 3 N–H and O–H groups in total. The van der Waals surface area contributed by atoms with Crippen LogP contribution in [0.2, 0.25) is 0 Å². The number of carbonyl (C=O) groups is 6. The van der Waals surface area contributed by atoms with Gasteiger partial charge < -0.3 is 34.9 Å². The zero-order valence-electron chi connectivity index (χ0n) is 38.0. The van der Waals surface area contributed by atoms with Crippen LogP contribution in [0.3, 0.4) is 0 Å². The van der Waals surface area contributed by atoms with Gasteiger partial charge >= 0.3 is 5.97 Å². The maximum absolute atomic E-state index is 15.1. The third-order valence-electron chi connectivity index (χ3n) is 11.0. The molecular formula is C48H67N5O10. The van der Waals surface area contributed by atoms with Crippen LogP contribution in [0.4, 0.5) is 0 Å². The molecule has 0 aliphatic carbocycles. The second-order valence-corrected chi connectivity index (χ2v) is 17.9. The van der Waals surface area contributed by atoms with E-state index < -0.39 is 71.7 Å². The lowest BCUT2D eigenvalue weighted by Crippen LogP contribution is -2.61. The van der Waals surface area contributed by atoms with Gasteiger partial charge in [-0.25, -0.2) is 4.79 Å². The van der Waals surface area contributed by atoms with Gasteiger partial charge in [-0.15, -0.1) is 6.42 Å². The summed E-state index contributed by atoms with van der Waals surface area (Å²) in [4.78, 5) is 88.2. The highest BCUT2D eigenvalue weighted by Gasteiger charge is 2.50. The minimum Gasteiger partial charge on any atom is -0.442 e. The summed E-state index contributed by atoms with van der Waals surface area (Å²) in [6.45, 7) is 13.7. The predicted molar refractivity (Wildman–Crippen MR) is 237 cm³/mol. The number of benzene rings is 2. The van der Waals surface area contributed by atoms with E-state index in [0.717, 1.165) is 16.0 Å². The first kappa shape index (κ1) is 50.5. The minimum absolute atomic E-state index is 0.0198. The van der Waals surface area contributed by atoms with Crippen molar-refractivity contribution < 1.29 is 47.7 Å². The molecule has 2 aromatic carbocycles. The summed E-state index contributed by atoms with van der Waals surface area (Å²) in [7, 11) is 0. The molecule has 2 fully saturated rings. The topological polar surface area (TPSA) is 185 Å². The molecule has 0 spiro atoms. The normalized spacial score (nSPS) is 18.3. The molecule has 4 amide bonds. The molecule has 0 radical (unpaired) electrons. The summed E-state index contributed by atoms with van der Waals surface area (Å²) >= 11 is 0. The Bertz CT molecular complexity index is 1870. The molecule has 0 aromatic heterocycles. The number of Topliss-reactive ketones (excluding diaryl/α,β-unsaturated/α-hetero) is 1. The van der Waals surface area contributed by atoms with Crippen LogP contribution >= 0.6 is 0 Å². The average molecular weight is 874 g/mol. The summed E-state index contributed by atoms with van der Waals surface area (Å²) in [5, 5.41) is 8.75. The molecule has 2 aliphatic rings. The lowest BCUT2D eigenvalue weighted by Gasteiger charge is -2.36. The minimum atomic E-state index is -1.51. The van der Waals surface area contributed by atoms with Gasteiger partial charge in [-0.2, -0.15) is 0 Å². The number of ketones is 1. The number of hydrogen-bond donors (Lipinski definition) is 3. The van der Waals surface area contributed by atoms with Crippen LogP contribution in [-0.2, 0) is 60.6 Å². The monoisotopic (exact) mass is 873 g/mol. The van der Waals surface area contributed by atoms with E-state index in [1.165, 1.54) is 13.8 Å². The molecule has 0 bridgehead atoms. The van der Waals surface area contributed by atoms with Crippen LogP contribution in [-0.4, -0.2) is 133 Å². The van der Waals surface area contributed by atoms with Crippen LogP contribution in [0.5, 0.6) is 0 Å². The SMILES string of the molecule is C#CCOC(C)(C)C(=O)OCN(C(=O)C(CCc1ccccc1)NC(=O)CN1CCOCC1)C(CC(C)C)C(=O)NC(Cc1ccccc1)C(=O)NC(CC(C)C)C(=O)C1(C)CO1. The fourth-order valence-electron chi connectivity index (χ4n) is 7.25. The molecule has 344 valence electrons. The fourth-order valence-corrected chi connectivity index (χ4v) is 7.25. The molecular weight excluding hydrogens is 807 g/mol. The standard InChI is InChI=1S/C48H67N5O10/c1-9-24-62-47(6,7)46(59)61-32-53(45(58)37(21-20-35-16-12-10-13-17-35)49-41(54)30-52-22-25-60-26-23-52)40(28-34(4)5)44(57)51-39(29-36-18-14-11-15-19-36)43(56)50-38(27-33(2)3)42(55)48(8)31-63-48/h1,10-19,33-34,37-40H,20-32H2,2-8H3,(H,49,54)(H,50,56)(H,51,57). The highest BCUT2D eigenvalue weighted by Crippen LogP contribution is 2.30. The maximum atomic E-state index is 15.1. The number of ether oxygens (including phenoxy) is 4. The molecule has 2 heterocycles. The molecule has 4 rings (SSSR count). The van der Waals surface area contributed by atoms with Gasteiger partial charge in [0.15, 0.2) is 18.1 Å². The van der Waals surface area contributed by atoms with Gasteiger partial charge in [-0.1, -0.05) is 94.3 Å². The van der Waals surface area contributed by atoms with Gasteiger partial charge in [0.1, 0.15) is 30.3 Å². The third-order valence-corrected chi connectivity index (χ3v) is 11.0. The van der Waals surface area contributed by atoms with Crippen molar-refractivity contribution in [3.63, 3.8) is 0 Å². The molecule has 5 unspecified atom stereocenters. The molecule has 15 heteroatoms. The first-order valence-corrected chi connectivity index (χ1v) is 21.9. The maximum Gasteiger partial charge on any atom is 0.339 e. The molecule has 2 aromatic rings. The molecule has 15 nitrogen and oxygen atoms in total. The van der Waals surface area contributed by atoms with Gasteiger partial charge in [0.05, 0.1) is 32.4 Å². The number of carbonyl (C=O) groups excluding carboxylic acids is 6. The molecule has 63 heavy (non-hydrogen) atoms. The van der Waals surface area contributed by atoms with Crippen molar-refractivity contribution in [2.75, 3.05) is 52.8 Å². The second kappa shape index (κ2) is 24.1. The smallest absolute Gasteiger partial charge is 0.339 e. The van der Waals surface area contributed by atoms with Crippen LogP contribution in [0.1, 0.15) is 78.9 Å². The Morgan fingerprint density at radius 2 is 1.43 bits per heavy atom. The molecule has 5 atom stereocenters. The number of morpholine rings is 1. The Labute approximate surface area is 372 Å². The van der Waals surface area contributed by atoms with Crippen molar-refractivity contribution in [1.29, 1.82) is 0 Å². The highest BCUT2D eigenvalue weighted by atomic mass is 16.6. The Hall–Kier alpha value is -5.14. The number of amides is 4. The molecule has 2 aliphatic heterocycles. The van der Waals surface area contributed by atoms with Crippen molar-refractivity contribution in [3.8, 4) is 12.3 Å². The summed E-state index contributed by atoms with van der Waals surface area (Å²) in [5.74, 6) is -1.25. The number of terminal acetylenes is 1. The van der Waals surface area contributed by atoms with Crippen LogP contribution in [0, 0.1) is 24.2 Å². The van der Waals surface area contributed by atoms with Gasteiger partial charge in [0.25, 0.3) is 0 Å². The quantitative estimate of drug-likeness (QED) is 0.0576. The van der Waals surface area contributed by atoms with Gasteiger partial charge in [0, 0.05) is 19.5 Å². The molecule has 2 saturated heterocycles. The summed E-state index contributed by atoms with van der Waals surface area (Å²) in [6.07, 6.45) is 6.44. The van der Waals surface area contributed by atoms with Crippen LogP contribution < -0.4 is 16.0 Å². The largest absolute Gasteiger partial charge is 0.442 e. The first-order valence-electron chi connectivity index (χ1n) is 21.9.